The molecule has 24 heavy (non-hydrogen) atoms. The van der Waals surface area contributed by atoms with E-state index in [0.29, 0.717) is 17.2 Å². The Labute approximate surface area is 157 Å². The van der Waals surface area contributed by atoms with E-state index in [1.165, 1.54) is 0 Å². The molecular formula is C16H18Br2N4O2. The van der Waals surface area contributed by atoms with Gasteiger partial charge >= 0.3 is 0 Å². The maximum absolute atomic E-state index is 11.7. The summed E-state index contributed by atoms with van der Waals surface area (Å²) in [4.78, 5) is 18.5. The van der Waals surface area contributed by atoms with Crippen LogP contribution in [0.4, 0.5) is 5.95 Å². The SMILES string of the molecule is Cc1nc(N/N=C\c2cc(Br)c(OC(C)C)c(Br)c2)[nH]c(=O)c1C. The highest BCUT2D eigenvalue weighted by Crippen LogP contribution is 2.35. The second kappa shape index (κ2) is 7.94. The number of nitrogens with zero attached hydrogens (tertiary/aromatic N) is 2. The highest BCUT2D eigenvalue weighted by molar-refractivity contribution is 9.11. The summed E-state index contributed by atoms with van der Waals surface area (Å²) in [7, 11) is 0. The number of aromatic amines is 1. The number of aryl methyl sites for hydroxylation is 1. The Morgan fingerprint density at radius 1 is 1.29 bits per heavy atom. The summed E-state index contributed by atoms with van der Waals surface area (Å²) in [5.41, 5.74) is 4.66. The molecule has 8 heteroatoms. The molecule has 6 nitrogen and oxygen atoms in total. The molecule has 2 N–H and O–H groups in total. The molecule has 0 spiro atoms. The normalized spacial score (nSPS) is 11.3. The Kier molecular flexibility index (Phi) is 6.17. The minimum absolute atomic E-state index is 0.0754. The molecule has 0 fully saturated rings. The first-order chi connectivity index (χ1) is 11.3. The number of rotatable bonds is 5. The average molecular weight is 458 g/mol. The van der Waals surface area contributed by atoms with Gasteiger partial charge in [-0.05, 0) is 77.3 Å². The van der Waals surface area contributed by atoms with Gasteiger partial charge in [-0.2, -0.15) is 5.10 Å². The van der Waals surface area contributed by atoms with Crippen molar-refractivity contribution in [1.29, 1.82) is 0 Å². The van der Waals surface area contributed by atoms with Crippen LogP contribution in [-0.2, 0) is 0 Å². The second-order valence-electron chi connectivity index (χ2n) is 5.48. The molecule has 0 aliphatic carbocycles. The van der Waals surface area contributed by atoms with Crippen molar-refractivity contribution in [2.45, 2.75) is 33.8 Å². The van der Waals surface area contributed by atoms with E-state index < -0.39 is 0 Å². The van der Waals surface area contributed by atoms with Crippen LogP contribution in [0.15, 0.2) is 31.0 Å². The molecule has 0 radical (unpaired) electrons. The Hall–Kier alpha value is -1.67. The van der Waals surface area contributed by atoms with Gasteiger partial charge in [-0.15, -0.1) is 0 Å². The van der Waals surface area contributed by atoms with Crippen LogP contribution in [0.5, 0.6) is 5.75 Å². The van der Waals surface area contributed by atoms with Crippen molar-refractivity contribution in [3.8, 4) is 5.75 Å². The lowest BCUT2D eigenvalue weighted by Crippen LogP contribution is -2.15. The van der Waals surface area contributed by atoms with Gasteiger partial charge in [0.15, 0.2) is 0 Å². The number of aromatic nitrogens is 2. The van der Waals surface area contributed by atoms with E-state index in [1.807, 2.05) is 26.0 Å². The van der Waals surface area contributed by atoms with E-state index in [1.54, 1.807) is 20.1 Å². The van der Waals surface area contributed by atoms with Crippen LogP contribution in [0.3, 0.4) is 0 Å². The maximum atomic E-state index is 11.7. The topological polar surface area (TPSA) is 79.4 Å². The Morgan fingerprint density at radius 2 is 1.92 bits per heavy atom. The first-order valence-corrected chi connectivity index (χ1v) is 8.89. The zero-order valence-electron chi connectivity index (χ0n) is 13.8. The van der Waals surface area contributed by atoms with Gasteiger partial charge in [0.1, 0.15) is 5.75 Å². The molecule has 1 heterocycles. The van der Waals surface area contributed by atoms with Gasteiger partial charge in [0.2, 0.25) is 5.95 Å². The van der Waals surface area contributed by atoms with Crippen LogP contribution in [-0.4, -0.2) is 22.3 Å². The van der Waals surface area contributed by atoms with Gasteiger partial charge < -0.3 is 4.74 Å². The summed E-state index contributed by atoms with van der Waals surface area (Å²) in [6.45, 7) is 7.44. The fraction of sp³-hybridized carbons (Fsp3) is 0.312. The summed E-state index contributed by atoms with van der Waals surface area (Å²) >= 11 is 6.99. The number of hydrogen-bond acceptors (Lipinski definition) is 5. The molecule has 0 bridgehead atoms. The first-order valence-electron chi connectivity index (χ1n) is 7.30. The Bertz CT molecular complexity index is 808. The second-order valence-corrected chi connectivity index (χ2v) is 7.18. The molecular weight excluding hydrogens is 440 g/mol. The van der Waals surface area contributed by atoms with Crippen LogP contribution < -0.4 is 15.7 Å². The Balaban J connectivity index is 2.17. The number of H-pyrrole nitrogens is 1. The lowest BCUT2D eigenvalue weighted by molar-refractivity contribution is 0.239. The van der Waals surface area contributed by atoms with Crippen molar-refractivity contribution in [3.63, 3.8) is 0 Å². The minimum Gasteiger partial charge on any atom is -0.489 e. The summed E-state index contributed by atoms with van der Waals surface area (Å²) in [5.74, 6) is 1.05. The third-order valence-corrected chi connectivity index (χ3v) is 4.33. The average Bonchev–Trinajstić information content (AvgIpc) is 2.48. The monoisotopic (exact) mass is 456 g/mol. The number of nitrogens with one attached hydrogen (secondary N) is 2. The molecule has 1 aromatic carbocycles. The van der Waals surface area contributed by atoms with Gasteiger partial charge in [-0.1, -0.05) is 0 Å². The Morgan fingerprint density at radius 3 is 2.46 bits per heavy atom. The predicted molar refractivity (Wildman–Crippen MR) is 103 cm³/mol. The molecule has 2 rings (SSSR count). The lowest BCUT2D eigenvalue weighted by atomic mass is 10.2. The smallest absolute Gasteiger partial charge is 0.255 e. The standard InChI is InChI=1S/C16H18Br2N4O2/c1-8(2)24-14-12(17)5-11(6-13(14)18)7-19-22-16-20-10(4)9(3)15(23)21-16/h5-8H,1-4H3,(H2,20,21,22,23)/b19-7-. The van der Waals surface area contributed by atoms with Gasteiger partial charge in [-0.3, -0.25) is 9.78 Å². The van der Waals surface area contributed by atoms with E-state index in [0.717, 1.165) is 20.3 Å². The third-order valence-electron chi connectivity index (χ3n) is 3.15. The van der Waals surface area contributed by atoms with Crippen molar-refractivity contribution in [2.75, 3.05) is 5.43 Å². The predicted octanol–water partition coefficient (Wildman–Crippen LogP) is 4.14. The first kappa shape index (κ1) is 18.7. The highest BCUT2D eigenvalue weighted by atomic mass is 79.9. The largest absolute Gasteiger partial charge is 0.489 e. The molecule has 0 unspecified atom stereocenters. The highest BCUT2D eigenvalue weighted by Gasteiger charge is 2.10. The fourth-order valence-electron chi connectivity index (χ4n) is 1.87. The third kappa shape index (κ3) is 4.67. The summed E-state index contributed by atoms with van der Waals surface area (Å²) in [6, 6.07) is 3.79. The van der Waals surface area contributed by atoms with E-state index in [4.69, 9.17) is 4.74 Å². The quantitative estimate of drug-likeness (QED) is 0.522. The van der Waals surface area contributed by atoms with Gasteiger partial charge in [0, 0.05) is 11.3 Å². The zero-order valence-corrected chi connectivity index (χ0v) is 16.9. The van der Waals surface area contributed by atoms with Gasteiger partial charge in [0.25, 0.3) is 5.56 Å². The fourth-order valence-corrected chi connectivity index (χ4v) is 3.28. The molecule has 0 atom stereocenters. The lowest BCUT2D eigenvalue weighted by Gasteiger charge is -2.13. The molecule has 0 saturated heterocycles. The van der Waals surface area contributed by atoms with Crippen molar-refractivity contribution in [3.05, 3.63) is 48.3 Å². The van der Waals surface area contributed by atoms with E-state index in [9.17, 15) is 4.79 Å². The van der Waals surface area contributed by atoms with Crippen LogP contribution in [0, 0.1) is 13.8 Å². The van der Waals surface area contributed by atoms with Crippen LogP contribution in [0.1, 0.15) is 30.7 Å². The molecule has 2 aromatic rings. The van der Waals surface area contributed by atoms with Crippen molar-refractivity contribution < 1.29 is 4.74 Å². The summed E-state index contributed by atoms with van der Waals surface area (Å²) in [6.07, 6.45) is 1.70. The minimum atomic E-state index is -0.180. The molecule has 0 saturated carbocycles. The maximum Gasteiger partial charge on any atom is 0.255 e. The molecule has 1 aromatic heterocycles. The van der Waals surface area contributed by atoms with E-state index >= 15 is 0 Å². The number of hydrogen-bond donors (Lipinski definition) is 2. The van der Waals surface area contributed by atoms with E-state index in [2.05, 4.69) is 52.4 Å². The van der Waals surface area contributed by atoms with Crippen LogP contribution in [0.2, 0.25) is 0 Å². The number of anilines is 1. The molecule has 0 amide bonds. The van der Waals surface area contributed by atoms with Crippen molar-refractivity contribution >= 4 is 44.0 Å². The van der Waals surface area contributed by atoms with Crippen molar-refractivity contribution in [1.82, 2.24) is 9.97 Å². The number of benzene rings is 1. The molecule has 0 aliphatic heterocycles. The summed E-state index contributed by atoms with van der Waals surface area (Å²) < 4.78 is 7.39. The number of halogens is 2. The van der Waals surface area contributed by atoms with Crippen molar-refractivity contribution in [2.24, 2.45) is 5.10 Å². The summed E-state index contributed by atoms with van der Waals surface area (Å²) in [5, 5.41) is 4.11. The number of hydrazone groups is 1. The zero-order chi connectivity index (χ0) is 17.9. The van der Waals surface area contributed by atoms with E-state index in [-0.39, 0.29) is 11.7 Å². The van der Waals surface area contributed by atoms with Crippen LogP contribution >= 0.6 is 31.9 Å². The molecule has 0 aliphatic rings. The number of ether oxygens (including phenoxy) is 1. The van der Waals surface area contributed by atoms with Gasteiger partial charge in [0.05, 0.1) is 21.3 Å². The van der Waals surface area contributed by atoms with Gasteiger partial charge in [-0.25, -0.2) is 10.4 Å². The van der Waals surface area contributed by atoms with Crippen LogP contribution in [0.25, 0.3) is 0 Å². The molecule has 128 valence electrons.